The summed E-state index contributed by atoms with van der Waals surface area (Å²) in [6, 6.07) is 14.9. The zero-order chi connectivity index (χ0) is 17.8. The van der Waals surface area contributed by atoms with Gasteiger partial charge in [0, 0.05) is 22.8 Å². The Bertz CT molecular complexity index is 914. The van der Waals surface area contributed by atoms with Crippen LogP contribution in [0.3, 0.4) is 0 Å². The molecule has 0 unspecified atom stereocenters. The SMILES string of the molecule is Cc1ccc(Oc2ccc(Cl)cc2NC(=O)c2ccnc(F)c2)cc1. The second-order valence-electron chi connectivity index (χ2n) is 5.38. The zero-order valence-corrected chi connectivity index (χ0v) is 14.0. The van der Waals surface area contributed by atoms with Crippen molar-refractivity contribution in [1.82, 2.24) is 4.98 Å². The maximum Gasteiger partial charge on any atom is 0.255 e. The molecule has 1 aromatic heterocycles. The highest BCUT2D eigenvalue weighted by Gasteiger charge is 2.12. The molecule has 0 fully saturated rings. The van der Waals surface area contributed by atoms with Crippen molar-refractivity contribution in [3.63, 3.8) is 0 Å². The second kappa shape index (κ2) is 7.32. The van der Waals surface area contributed by atoms with E-state index in [0.717, 1.165) is 11.6 Å². The van der Waals surface area contributed by atoms with Gasteiger partial charge < -0.3 is 10.1 Å². The van der Waals surface area contributed by atoms with E-state index in [2.05, 4.69) is 10.3 Å². The molecule has 3 rings (SSSR count). The van der Waals surface area contributed by atoms with Crippen molar-refractivity contribution in [2.45, 2.75) is 6.92 Å². The van der Waals surface area contributed by atoms with Gasteiger partial charge in [-0.3, -0.25) is 4.79 Å². The Morgan fingerprint density at radius 2 is 1.88 bits per heavy atom. The van der Waals surface area contributed by atoms with Gasteiger partial charge in [0.05, 0.1) is 5.69 Å². The first kappa shape index (κ1) is 16.9. The van der Waals surface area contributed by atoms with E-state index < -0.39 is 11.9 Å². The van der Waals surface area contributed by atoms with Crippen molar-refractivity contribution in [3.8, 4) is 11.5 Å². The third-order valence-corrected chi connectivity index (χ3v) is 3.66. The summed E-state index contributed by atoms with van der Waals surface area (Å²) in [6.07, 6.45) is 1.23. The predicted molar refractivity (Wildman–Crippen MR) is 94.9 cm³/mol. The summed E-state index contributed by atoms with van der Waals surface area (Å²) >= 11 is 6.02. The lowest BCUT2D eigenvalue weighted by Gasteiger charge is -2.13. The van der Waals surface area contributed by atoms with Crippen LogP contribution in [0.4, 0.5) is 10.1 Å². The number of pyridine rings is 1. The normalized spacial score (nSPS) is 10.4. The molecule has 1 N–H and O–H groups in total. The summed E-state index contributed by atoms with van der Waals surface area (Å²) in [5.41, 5.74) is 1.64. The molecule has 0 aliphatic carbocycles. The third kappa shape index (κ3) is 4.33. The maximum absolute atomic E-state index is 13.2. The number of amides is 1. The molecular weight excluding hydrogens is 343 g/mol. The number of nitrogens with one attached hydrogen (secondary N) is 1. The molecule has 1 amide bonds. The van der Waals surface area contributed by atoms with Crippen LogP contribution in [-0.2, 0) is 0 Å². The van der Waals surface area contributed by atoms with Gasteiger partial charge in [0.2, 0.25) is 5.95 Å². The summed E-state index contributed by atoms with van der Waals surface area (Å²) in [5, 5.41) is 3.12. The largest absolute Gasteiger partial charge is 0.455 e. The van der Waals surface area contributed by atoms with Crippen LogP contribution in [0.2, 0.25) is 5.02 Å². The average molecular weight is 357 g/mol. The molecule has 0 spiro atoms. The van der Waals surface area contributed by atoms with E-state index in [0.29, 0.717) is 22.2 Å². The summed E-state index contributed by atoms with van der Waals surface area (Å²) in [6.45, 7) is 1.98. The summed E-state index contributed by atoms with van der Waals surface area (Å²) in [4.78, 5) is 15.8. The van der Waals surface area contributed by atoms with Crippen molar-refractivity contribution < 1.29 is 13.9 Å². The number of benzene rings is 2. The molecule has 3 aromatic rings. The van der Waals surface area contributed by atoms with Crippen molar-refractivity contribution in [2.75, 3.05) is 5.32 Å². The van der Waals surface area contributed by atoms with Gasteiger partial charge in [0.1, 0.15) is 5.75 Å². The summed E-state index contributed by atoms with van der Waals surface area (Å²) in [7, 11) is 0. The fourth-order valence-corrected chi connectivity index (χ4v) is 2.33. The fraction of sp³-hybridized carbons (Fsp3) is 0.0526. The molecule has 0 radical (unpaired) electrons. The van der Waals surface area contributed by atoms with Gasteiger partial charge in [-0.1, -0.05) is 29.3 Å². The molecule has 0 saturated carbocycles. The highest BCUT2D eigenvalue weighted by atomic mass is 35.5. The molecular formula is C19H14ClFN2O2. The minimum atomic E-state index is -0.727. The van der Waals surface area contributed by atoms with Crippen LogP contribution >= 0.6 is 11.6 Å². The van der Waals surface area contributed by atoms with Crippen molar-refractivity contribution in [1.29, 1.82) is 0 Å². The Morgan fingerprint density at radius 1 is 1.12 bits per heavy atom. The predicted octanol–water partition coefficient (Wildman–Crippen LogP) is 5.23. The van der Waals surface area contributed by atoms with Crippen molar-refractivity contribution in [3.05, 3.63) is 82.9 Å². The number of carbonyl (C=O) groups excluding carboxylic acids is 1. The molecule has 0 aliphatic rings. The molecule has 4 nitrogen and oxygen atoms in total. The van der Waals surface area contributed by atoms with Crippen molar-refractivity contribution >= 4 is 23.2 Å². The Balaban J connectivity index is 1.86. The number of aryl methyl sites for hydroxylation is 1. The van der Waals surface area contributed by atoms with Gasteiger partial charge in [-0.25, -0.2) is 4.98 Å². The van der Waals surface area contributed by atoms with Gasteiger partial charge in [0.15, 0.2) is 5.75 Å². The van der Waals surface area contributed by atoms with Gasteiger partial charge in [0.25, 0.3) is 5.91 Å². The highest BCUT2D eigenvalue weighted by Crippen LogP contribution is 2.32. The highest BCUT2D eigenvalue weighted by molar-refractivity contribution is 6.31. The monoisotopic (exact) mass is 356 g/mol. The lowest BCUT2D eigenvalue weighted by molar-refractivity contribution is 0.102. The van der Waals surface area contributed by atoms with E-state index in [1.165, 1.54) is 12.3 Å². The van der Waals surface area contributed by atoms with E-state index in [4.69, 9.17) is 16.3 Å². The second-order valence-corrected chi connectivity index (χ2v) is 5.81. The first-order valence-electron chi connectivity index (χ1n) is 7.48. The number of nitrogens with zero attached hydrogens (tertiary/aromatic N) is 1. The first-order valence-corrected chi connectivity index (χ1v) is 7.86. The van der Waals surface area contributed by atoms with E-state index in [1.54, 1.807) is 18.2 Å². The van der Waals surface area contributed by atoms with Gasteiger partial charge >= 0.3 is 0 Å². The molecule has 126 valence electrons. The number of hydrogen-bond donors (Lipinski definition) is 1. The molecule has 0 aliphatic heterocycles. The Hall–Kier alpha value is -2.92. The number of aromatic nitrogens is 1. The van der Waals surface area contributed by atoms with E-state index in [9.17, 15) is 9.18 Å². The number of hydrogen-bond acceptors (Lipinski definition) is 3. The summed E-state index contributed by atoms with van der Waals surface area (Å²) < 4.78 is 19.0. The maximum atomic E-state index is 13.2. The smallest absolute Gasteiger partial charge is 0.255 e. The molecule has 6 heteroatoms. The molecule has 0 bridgehead atoms. The van der Waals surface area contributed by atoms with Gasteiger partial charge in [-0.05, 0) is 43.3 Å². The molecule has 25 heavy (non-hydrogen) atoms. The van der Waals surface area contributed by atoms with Gasteiger partial charge in [-0.2, -0.15) is 4.39 Å². The third-order valence-electron chi connectivity index (χ3n) is 3.43. The standard InChI is InChI=1S/C19H14ClFN2O2/c1-12-2-5-15(6-3-12)25-17-7-4-14(20)11-16(17)23-19(24)13-8-9-22-18(21)10-13/h2-11H,1H3,(H,23,24). The first-order chi connectivity index (χ1) is 12.0. The van der Waals surface area contributed by atoms with Crippen LogP contribution in [0.25, 0.3) is 0 Å². The molecule has 2 aromatic carbocycles. The van der Waals surface area contributed by atoms with Crippen LogP contribution in [0.15, 0.2) is 60.8 Å². The van der Waals surface area contributed by atoms with Crippen LogP contribution in [-0.4, -0.2) is 10.9 Å². The average Bonchev–Trinajstić information content (AvgIpc) is 2.59. The van der Waals surface area contributed by atoms with E-state index in [1.807, 2.05) is 31.2 Å². The van der Waals surface area contributed by atoms with Gasteiger partial charge in [-0.15, -0.1) is 0 Å². The fourth-order valence-electron chi connectivity index (χ4n) is 2.16. The number of ether oxygens (including phenoxy) is 1. The minimum absolute atomic E-state index is 0.147. The molecule has 0 saturated heterocycles. The number of rotatable bonds is 4. The van der Waals surface area contributed by atoms with Crippen LogP contribution in [0.1, 0.15) is 15.9 Å². The zero-order valence-electron chi connectivity index (χ0n) is 13.3. The molecule has 0 atom stereocenters. The topological polar surface area (TPSA) is 51.2 Å². The Labute approximate surface area is 149 Å². The van der Waals surface area contributed by atoms with Crippen LogP contribution in [0.5, 0.6) is 11.5 Å². The van der Waals surface area contributed by atoms with E-state index >= 15 is 0 Å². The number of carbonyl (C=O) groups is 1. The Morgan fingerprint density at radius 3 is 2.60 bits per heavy atom. The van der Waals surface area contributed by atoms with Crippen molar-refractivity contribution in [2.24, 2.45) is 0 Å². The molecule has 1 heterocycles. The van der Waals surface area contributed by atoms with Crippen LogP contribution in [0, 0.1) is 12.9 Å². The lowest BCUT2D eigenvalue weighted by atomic mass is 10.2. The number of halogens is 2. The van der Waals surface area contributed by atoms with E-state index in [-0.39, 0.29) is 5.56 Å². The lowest BCUT2D eigenvalue weighted by Crippen LogP contribution is -2.13. The van der Waals surface area contributed by atoms with Crippen LogP contribution < -0.4 is 10.1 Å². The quantitative estimate of drug-likeness (QED) is 0.651. The summed E-state index contributed by atoms with van der Waals surface area (Å²) in [5.74, 6) is -0.165. The number of anilines is 1. The minimum Gasteiger partial charge on any atom is -0.455 e. The Kier molecular flexibility index (Phi) is 4.95.